The zero-order chi connectivity index (χ0) is 12.0. The highest BCUT2D eigenvalue weighted by Gasteiger charge is 2.29. The lowest BCUT2D eigenvalue weighted by molar-refractivity contribution is -0.150. The molecule has 4 nitrogen and oxygen atoms in total. The zero-order valence-electron chi connectivity index (χ0n) is 10.4. The minimum Gasteiger partial charge on any atom is -0.465 e. The molecule has 1 rings (SSSR count). The van der Waals surface area contributed by atoms with Crippen LogP contribution in [0.5, 0.6) is 0 Å². The van der Waals surface area contributed by atoms with E-state index in [0.29, 0.717) is 12.5 Å². The third kappa shape index (κ3) is 3.46. The van der Waals surface area contributed by atoms with Crippen LogP contribution in [0.15, 0.2) is 0 Å². The Balaban J connectivity index is 2.54. The van der Waals surface area contributed by atoms with Crippen molar-refractivity contribution in [2.75, 3.05) is 26.2 Å². The molecule has 0 aromatic heterocycles. The Bertz CT molecular complexity index is 221. The lowest BCUT2D eigenvalue weighted by atomic mass is 9.96. The van der Waals surface area contributed by atoms with Gasteiger partial charge in [0.1, 0.15) is 6.04 Å². The van der Waals surface area contributed by atoms with Gasteiger partial charge in [-0.1, -0.05) is 6.92 Å². The Morgan fingerprint density at radius 1 is 1.56 bits per heavy atom. The molecular weight excluding hydrogens is 204 g/mol. The molecule has 0 aliphatic carbocycles. The van der Waals surface area contributed by atoms with E-state index >= 15 is 0 Å². The third-order valence-electron chi connectivity index (χ3n) is 3.27. The van der Waals surface area contributed by atoms with Gasteiger partial charge in [-0.25, -0.2) is 0 Å². The highest BCUT2D eigenvalue weighted by atomic mass is 16.5. The number of hydrogen-bond acceptors (Lipinski definition) is 4. The number of carbonyl (C=O) groups excluding carboxylic acids is 1. The molecular formula is C12H24N2O2. The molecule has 0 saturated carbocycles. The van der Waals surface area contributed by atoms with Crippen molar-refractivity contribution in [3.05, 3.63) is 0 Å². The normalized spacial score (nSPS) is 24.1. The molecule has 2 N–H and O–H groups in total. The molecule has 1 aliphatic rings. The molecule has 94 valence electrons. The maximum Gasteiger partial charge on any atom is 0.323 e. The second-order valence-corrected chi connectivity index (χ2v) is 4.41. The second-order valence-electron chi connectivity index (χ2n) is 4.41. The summed E-state index contributed by atoms with van der Waals surface area (Å²) in [5.74, 6) is 0.458. The number of piperidine rings is 1. The van der Waals surface area contributed by atoms with E-state index in [1.165, 1.54) is 6.42 Å². The Hall–Kier alpha value is -0.610. The lowest BCUT2D eigenvalue weighted by Gasteiger charge is -2.36. The molecule has 2 unspecified atom stereocenters. The number of esters is 1. The maximum absolute atomic E-state index is 11.8. The SMILES string of the molecule is CCOC(=O)C(CC)N1CCCC(CN)C1. The van der Waals surface area contributed by atoms with Gasteiger partial charge in [-0.2, -0.15) is 0 Å². The van der Waals surface area contributed by atoms with Crippen LogP contribution in [0.25, 0.3) is 0 Å². The summed E-state index contributed by atoms with van der Waals surface area (Å²) < 4.78 is 5.11. The number of nitrogens with zero attached hydrogens (tertiary/aromatic N) is 1. The van der Waals surface area contributed by atoms with Gasteiger partial charge in [0, 0.05) is 6.54 Å². The van der Waals surface area contributed by atoms with Gasteiger partial charge in [-0.3, -0.25) is 9.69 Å². The average Bonchev–Trinajstić information content (AvgIpc) is 2.31. The van der Waals surface area contributed by atoms with Gasteiger partial charge in [-0.05, 0) is 45.2 Å². The van der Waals surface area contributed by atoms with Crippen molar-refractivity contribution in [3.63, 3.8) is 0 Å². The van der Waals surface area contributed by atoms with E-state index < -0.39 is 0 Å². The minimum absolute atomic E-state index is 0.0747. The fourth-order valence-corrected chi connectivity index (χ4v) is 2.39. The van der Waals surface area contributed by atoms with Crippen LogP contribution in [0, 0.1) is 5.92 Å². The standard InChI is InChI=1S/C12H24N2O2/c1-3-11(12(15)16-4-2)14-7-5-6-10(8-13)9-14/h10-11H,3-9,13H2,1-2H3. The Morgan fingerprint density at radius 3 is 2.88 bits per heavy atom. The smallest absolute Gasteiger partial charge is 0.323 e. The van der Waals surface area contributed by atoms with Crippen molar-refractivity contribution in [1.82, 2.24) is 4.90 Å². The fraction of sp³-hybridized carbons (Fsp3) is 0.917. The summed E-state index contributed by atoms with van der Waals surface area (Å²) in [6, 6.07) is -0.0747. The van der Waals surface area contributed by atoms with Crippen LogP contribution in [0.3, 0.4) is 0 Å². The van der Waals surface area contributed by atoms with Crippen LogP contribution in [0.1, 0.15) is 33.1 Å². The van der Waals surface area contributed by atoms with Gasteiger partial charge >= 0.3 is 5.97 Å². The molecule has 1 aliphatic heterocycles. The molecule has 0 radical (unpaired) electrons. The molecule has 0 bridgehead atoms. The third-order valence-corrected chi connectivity index (χ3v) is 3.27. The largest absolute Gasteiger partial charge is 0.465 e. The van der Waals surface area contributed by atoms with Crippen molar-refractivity contribution >= 4 is 5.97 Å². The van der Waals surface area contributed by atoms with Gasteiger partial charge in [-0.15, -0.1) is 0 Å². The van der Waals surface area contributed by atoms with E-state index in [4.69, 9.17) is 10.5 Å². The number of hydrogen-bond donors (Lipinski definition) is 1. The first-order valence-electron chi connectivity index (χ1n) is 6.33. The zero-order valence-corrected chi connectivity index (χ0v) is 10.4. The first-order chi connectivity index (χ1) is 7.72. The highest BCUT2D eigenvalue weighted by molar-refractivity contribution is 5.75. The van der Waals surface area contributed by atoms with E-state index in [2.05, 4.69) is 4.90 Å². The lowest BCUT2D eigenvalue weighted by Crippen LogP contribution is -2.48. The van der Waals surface area contributed by atoms with Crippen LogP contribution in [-0.4, -0.2) is 43.2 Å². The second kappa shape index (κ2) is 6.86. The monoisotopic (exact) mass is 228 g/mol. The van der Waals surface area contributed by atoms with E-state index in [1.54, 1.807) is 0 Å². The minimum atomic E-state index is -0.0809. The Morgan fingerprint density at radius 2 is 2.31 bits per heavy atom. The van der Waals surface area contributed by atoms with Crippen molar-refractivity contribution in [3.8, 4) is 0 Å². The first kappa shape index (κ1) is 13.5. The summed E-state index contributed by atoms with van der Waals surface area (Å²) in [7, 11) is 0. The summed E-state index contributed by atoms with van der Waals surface area (Å²) in [5, 5.41) is 0. The summed E-state index contributed by atoms with van der Waals surface area (Å²) in [4.78, 5) is 14.0. The predicted molar refractivity (Wildman–Crippen MR) is 64.1 cm³/mol. The number of rotatable bonds is 5. The topological polar surface area (TPSA) is 55.6 Å². The molecule has 16 heavy (non-hydrogen) atoms. The van der Waals surface area contributed by atoms with Gasteiger partial charge in [0.05, 0.1) is 6.61 Å². The molecule has 1 saturated heterocycles. The van der Waals surface area contributed by atoms with Crippen LogP contribution in [-0.2, 0) is 9.53 Å². The molecule has 1 fully saturated rings. The maximum atomic E-state index is 11.8. The Labute approximate surface area is 98.1 Å². The van der Waals surface area contributed by atoms with Crippen molar-refractivity contribution in [2.45, 2.75) is 39.2 Å². The number of carbonyl (C=O) groups is 1. The summed E-state index contributed by atoms with van der Waals surface area (Å²) in [6.45, 7) is 7.00. The van der Waals surface area contributed by atoms with Crippen LogP contribution in [0.4, 0.5) is 0 Å². The Kier molecular flexibility index (Phi) is 5.77. The van der Waals surface area contributed by atoms with Crippen LogP contribution >= 0.6 is 0 Å². The number of nitrogens with two attached hydrogens (primary N) is 1. The van der Waals surface area contributed by atoms with Crippen molar-refractivity contribution < 1.29 is 9.53 Å². The molecule has 1 heterocycles. The predicted octanol–water partition coefficient (Wildman–Crippen LogP) is 0.999. The first-order valence-corrected chi connectivity index (χ1v) is 6.33. The van der Waals surface area contributed by atoms with Gasteiger partial charge in [0.2, 0.25) is 0 Å². The quantitative estimate of drug-likeness (QED) is 0.713. The number of likely N-dealkylation sites (tertiary alicyclic amines) is 1. The van der Waals surface area contributed by atoms with Crippen LogP contribution in [0.2, 0.25) is 0 Å². The molecule has 2 atom stereocenters. The van der Waals surface area contributed by atoms with Gasteiger partial charge < -0.3 is 10.5 Å². The van der Waals surface area contributed by atoms with Gasteiger partial charge in [0.15, 0.2) is 0 Å². The van der Waals surface area contributed by atoms with Crippen LogP contribution < -0.4 is 5.73 Å². The van der Waals surface area contributed by atoms with Crippen molar-refractivity contribution in [2.24, 2.45) is 11.7 Å². The highest BCUT2D eigenvalue weighted by Crippen LogP contribution is 2.19. The molecule has 0 spiro atoms. The fourth-order valence-electron chi connectivity index (χ4n) is 2.39. The summed E-state index contributed by atoms with van der Waals surface area (Å²) in [6.07, 6.45) is 3.14. The molecule has 4 heteroatoms. The molecule has 0 aromatic rings. The van der Waals surface area contributed by atoms with Gasteiger partial charge in [0.25, 0.3) is 0 Å². The van der Waals surface area contributed by atoms with E-state index in [9.17, 15) is 4.79 Å². The summed E-state index contributed by atoms with van der Waals surface area (Å²) >= 11 is 0. The molecule has 0 aromatic carbocycles. The van der Waals surface area contributed by atoms with Crippen molar-refractivity contribution in [1.29, 1.82) is 0 Å². The molecule has 0 amide bonds. The average molecular weight is 228 g/mol. The van der Waals surface area contributed by atoms with E-state index in [-0.39, 0.29) is 12.0 Å². The number of ether oxygens (including phenoxy) is 1. The summed E-state index contributed by atoms with van der Waals surface area (Å²) in [5.41, 5.74) is 5.70. The van der Waals surface area contributed by atoms with E-state index in [1.807, 2.05) is 13.8 Å². The van der Waals surface area contributed by atoms with E-state index in [0.717, 1.165) is 32.5 Å².